The van der Waals surface area contributed by atoms with Crippen molar-refractivity contribution in [2.75, 3.05) is 45.8 Å². The third-order valence-corrected chi connectivity index (χ3v) is 5.90. The van der Waals surface area contributed by atoms with Gasteiger partial charge in [-0.1, -0.05) is 6.92 Å². The van der Waals surface area contributed by atoms with Gasteiger partial charge in [0.25, 0.3) is 0 Å². The molecule has 0 aromatic heterocycles. The molecule has 6 heteroatoms. The third-order valence-electron chi connectivity index (χ3n) is 5.90. The number of carbonyl (C=O) groups is 2. The molecule has 0 bridgehead atoms. The Kier molecular flexibility index (Phi) is 10.1. The lowest BCUT2D eigenvalue weighted by Gasteiger charge is -2.30. The summed E-state index contributed by atoms with van der Waals surface area (Å²) in [6.07, 6.45) is 8.08. The number of amides is 2. The standard InChI is InChI=1S/C21H40N4O2.H2/c1-3-10-22-17-19(15-18-8-7-9-20(26)16-18)23-21(27)25(4-2)14-13-24-11-5-6-12-24;/h18-19,22H,3-17H2,1-2H3,(H,23,27);1H/t18-,19+;/m1./s1. The van der Waals surface area contributed by atoms with Crippen LogP contribution in [0.2, 0.25) is 0 Å². The van der Waals surface area contributed by atoms with Gasteiger partial charge in [0.05, 0.1) is 0 Å². The number of urea groups is 1. The number of nitrogens with zero attached hydrogens (tertiary/aromatic N) is 2. The van der Waals surface area contributed by atoms with Crippen LogP contribution < -0.4 is 10.6 Å². The first-order chi connectivity index (χ1) is 13.1. The molecule has 27 heavy (non-hydrogen) atoms. The second-order valence-electron chi connectivity index (χ2n) is 8.22. The van der Waals surface area contributed by atoms with Crippen LogP contribution in [0, 0.1) is 5.92 Å². The van der Waals surface area contributed by atoms with Gasteiger partial charge in [-0.15, -0.1) is 0 Å². The van der Waals surface area contributed by atoms with Crippen molar-refractivity contribution in [2.24, 2.45) is 5.92 Å². The fourth-order valence-corrected chi connectivity index (χ4v) is 4.30. The number of hydrogen-bond donors (Lipinski definition) is 2. The van der Waals surface area contributed by atoms with Crippen LogP contribution in [0.1, 0.15) is 66.6 Å². The third kappa shape index (κ3) is 8.18. The van der Waals surface area contributed by atoms with Crippen molar-refractivity contribution in [3.8, 4) is 0 Å². The van der Waals surface area contributed by atoms with Crippen molar-refractivity contribution in [3.05, 3.63) is 0 Å². The molecule has 0 spiro atoms. The van der Waals surface area contributed by atoms with Crippen molar-refractivity contribution < 1.29 is 11.0 Å². The number of rotatable bonds is 11. The molecule has 1 saturated heterocycles. The average molecular weight is 383 g/mol. The summed E-state index contributed by atoms with van der Waals surface area (Å²) in [5.41, 5.74) is 0. The minimum Gasteiger partial charge on any atom is -0.334 e. The molecule has 2 amide bonds. The predicted octanol–water partition coefficient (Wildman–Crippen LogP) is 2.88. The molecular formula is C21H42N4O2. The summed E-state index contributed by atoms with van der Waals surface area (Å²) in [4.78, 5) is 29.0. The summed E-state index contributed by atoms with van der Waals surface area (Å²) < 4.78 is 0. The monoisotopic (exact) mass is 382 g/mol. The van der Waals surface area contributed by atoms with E-state index < -0.39 is 0 Å². The van der Waals surface area contributed by atoms with Gasteiger partial charge in [-0.05, 0) is 71.0 Å². The first-order valence-corrected chi connectivity index (χ1v) is 11.1. The van der Waals surface area contributed by atoms with Gasteiger partial charge in [0.1, 0.15) is 5.78 Å². The molecule has 0 aromatic rings. The van der Waals surface area contributed by atoms with E-state index >= 15 is 0 Å². The van der Waals surface area contributed by atoms with Crippen molar-refractivity contribution in [1.82, 2.24) is 20.4 Å². The Labute approximate surface area is 166 Å². The van der Waals surface area contributed by atoms with E-state index in [9.17, 15) is 9.59 Å². The van der Waals surface area contributed by atoms with Crippen molar-refractivity contribution in [2.45, 2.75) is 71.3 Å². The number of nitrogens with one attached hydrogen (secondary N) is 2. The van der Waals surface area contributed by atoms with Crippen LogP contribution in [0.25, 0.3) is 0 Å². The van der Waals surface area contributed by atoms with E-state index in [2.05, 4.69) is 22.5 Å². The maximum Gasteiger partial charge on any atom is 0.317 e. The quantitative estimate of drug-likeness (QED) is 0.539. The Hall–Kier alpha value is -1.14. The second kappa shape index (κ2) is 12.3. The number of Topliss-reactive ketones (excluding diaryl/α,β-unsaturated/α-hetero) is 1. The maximum atomic E-state index is 12.8. The molecule has 6 nitrogen and oxygen atoms in total. The first kappa shape index (κ1) is 22.2. The van der Waals surface area contributed by atoms with Gasteiger partial charge in [-0.2, -0.15) is 0 Å². The van der Waals surface area contributed by atoms with Crippen molar-refractivity contribution in [3.63, 3.8) is 0 Å². The van der Waals surface area contributed by atoms with Gasteiger partial charge in [0.2, 0.25) is 0 Å². The van der Waals surface area contributed by atoms with Crippen LogP contribution in [-0.4, -0.2) is 73.5 Å². The van der Waals surface area contributed by atoms with E-state index in [1.54, 1.807) is 0 Å². The van der Waals surface area contributed by atoms with Gasteiger partial charge in [0.15, 0.2) is 0 Å². The highest BCUT2D eigenvalue weighted by molar-refractivity contribution is 5.79. The normalized spacial score (nSPS) is 22.0. The number of ketones is 1. The summed E-state index contributed by atoms with van der Waals surface area (Å²) in [5.74, 6) is 0.804. The van der Waals surface area contributed by atoms with Gasteiger partial charge in [0, 0.05) is 46.5 Å². The molecule has 1 aliphatic carbocycles. The minimum atomic E-state index is 0. The molecule has 2 fully saturated rings. The largest absolute Gasteiger partial charge is 0.334 e. The zero-order valence-electron chi connectivity index (χ0n) is 17.5. The highest BCUT2D eigenvalue weighted by Crippen LogP contribution is 2.25. The highest BCUT2D eigenvalue weighted by Gasteiger charge is 2.25. The second-order valence-corrected chi connectivity index (χ2v) is 8.22. The summed E-state index contributed by atoms with van der Waals surface area (Å²) in [6.45, 7) is 10.8. The Morgan fingerprint density at radius 1 is 1.30 bits per heavy atom. The Morgan fingerprint density at radius 3 is 2.74 bits per heavy atom. The molecule has 1 saturated carbocycles. The lowest BCUT2D eigenvalue weighted by molar-refractivity contribution is -0.121. The van der Waals surface area contributed by atoms with Gasteiger partial charge < -0.3 is 20.4 Å². The SMILES string of the molecule is CCCNC[C@H](C[C@H]1CCCC(=O)C1)NC(=O)N(CC)CCN1CCCC1.[HH]. The fourth-order valence-electron chi connectivity index (χ4n) is 4.30. The molecule has 2 rings (SSSR count). The summed E-state index contributed by atoms with van der Waals surface area (Å²) >= 11 is 0. The molecule has 1 aliphatic heterocycles. The number of likely N-dealkylation sites (N-methyl/N-ethyl adjacent to an activating group) is 1. The van der Waals surface area contributed by atoms with E-state index in [1.165, 1.54) is 25.9 Å². The number of likely N-dealkylation sites (tertiary alicyclic amines) is 1. The van der Waals surface area contributed by atoms with Gasteiger partial charge in [-0.25, -0.2) is 4.79 Å². The van der Waals surface area contributed by atoms with E-state index in [0.29, 0.717) is 18.1 Å². The molecule has 2 atom stereocenters. The maximum absolute atomic E-state index is 12.8. The van der Waals surface area contributed by atoms with E-state index in [1.807, 2.05) is 11.8 Å². The number of hydrogen-bond acceptors (Lipinski definition) is 4. The zero-order chi connectivity index (χ0) is 19.5. The van der Waals surface area contributed by atoms with Crippen LogP contribution in [0.15, 0.2) is 0 Å². The molecule has 158 valence electrons. The molecular weight excluding hydrogens is 340 g/mol. The fraction of sp³-hybridized carbons (Fsp3) is 0.905. The lowest BCUT2D eigenvalue weighted by atomic mass is 9.84. The van der Waals surface area contributed by atoms with Crippen LogP contribution >= 0.6 is 0 Å². The smallest absolute Gasteiger partial charge is 0.317 e. The van der Waals surface area contributed by atoms with E-state index in [-0.39, 0.29) is 13.5 Å². The van der Waals surface area contributed by atoms with Crippen molar-refractivity contribution >= 4 is 11.8 Å². The summed E-state index contributed by atoms with van der Waals surface area (Å²) in [7, 11) is 0. The summed E-state index contributed by atoms with van der Waals surface area (Å²) in [6, 6.07) is 0.142. The topological polar surface area (TPSA) is 64.7 Å². The average Bonchev–Trinajstić information content (AvgIpc) is 3.16. The zero-order valence-corrected chi connectivity index (χ0v) is 17.5. The van der Waals surface area contributed by atoms with E-state index in [4.69, 9.17) is 0 Å². The molecule has 2 N–H and O–H groups in total. The lowest BCUT2D eigenvalue weighted by Crippen LogP contribution is -2.50. The Morgan fingerprint density at radius 2 is 2.07 bits per heavy atom. The van der Waals surface area contributed by atoms with Crippen molar-refractivity contribution in [1.29, 1.82) is 0 Å². The minimum absolute atomic E-state index is 0. The summed E-state index contributed by atoms with van der Waals surface area (Å²) in [5, 5.41) is 6.71. The van der Waals surface area contributed by atoms with Crippen LogP contribution in [0.4, 0.5) is 4.79 Å². The molecule has 0 aromatic carbocycles. The Balaban J connectivity index is 0.00000392. The number of carbonyl (C=O) groups excluding carboxylic acids is 2. The van der Waals surface area contributed by atoms with Crippen LogP contribution in [0.5, 0.6) is 0 Å². The van der Waals surface area contributed by atoms with Crippen LogP contribution in [-0.2, 0) is 4.79 Å². The first-order valence-electron chi connectivity index (χ1n) is 11.1. The van der Waals surface area contributed by atoms with E-state index in [0.717, 1.165) is 64.8 Å². The molecule has 0 unspecified atom stereocenters. The van der Waals surface area contributed by atoms with Gasteiger partial charge >= 0.3 is 6.03 Å². The molecule has 1 heterocycles. The molecule has 0 radical (unpaired) electrons. The Bertz CT molecular complexity index is 458. The molecule has 2 aliphatic rings. The predicted molar refractivity (Wildman–Crippen MR) is 112 cm³/mol. The van der Waals surface area contributed by atoms with Gasteiger partial charge in [-0.3, -0.25) is 4.79 Å². The highest BCUT2D eigenvalue weighted by atomic mass is 16.2. The van der Waals surface area contributed by atoms with Crippen LogP contribution in [0.3, 0.4) is 0 Å².